The predicted molar refractivity (Wildman–Crippen MR) is 69.1 cm³/mol. The van der Waals surface area contributed by atoms with Gasteiger partial charge in [0.25, 0.3) is 0 Å². The van der Waals surface area contributed by atoms with Crippen molar-refractivity contribution in [3.63, 3.8) is 0 Å². The average Bonchev–Trinajstić information content (AvgIpc) is 2.59. The zero-order chi connectivity index (χ0) is 16.0. The zero-order valence-corrected chi connectivity index (χ0v) is 11.6. The van der Waals surface area contributed by atoms with E-state index >= 15 is 0 Å². The van der Waals surface area contributed by atoms with Crippen LogP contribution in [-0.2, 0) is 14.0 Å². The first kappa shape index (κ1) is 11.4. The van der Waals surface area contributed by atoms with Crippen LogP contribution in [-0.4, -0.2) is 41.4 Å². The van der Waals surface area contributed by atoms with Gasteiger partial charge in [0.05, 0.1) is 32.8 Å². The Balaban J connectivity index is 2.39. The van der Waals surface area contributed by atoms with E-state index in [0.29, 0.717) is 0 Å². The Kier molecular flexibility index (Phi) is 2.74. The van der Waals surface area contributed by atoms with Crippen LogP contribution >= 0.6 is 0 Å². The number of hydrogen-bond donors (Lipinski definition) is 0. The Hall–Kier alpha value is -1.47. The topological polar surface area (TPSA) is 70.5 Å². The molecule has 0 N–H and O–H groups in total. The van der Waals surface area contributed by atoms with Crippen LogP contribution in [0.1, 0.15) is 40.9 Å². The zero-order valence-electron chi connectivity index (χ0n) is 13.6. The molecule has 0 atom stereocenters. The van der Waals surface area contributed by atoms with Gasteiger partial charge in [0, 0.05) is 6.17 Å². The van der Waals surface area contributed by atoms with Crippen molar-refractivity contribution >= 4 is 18.7 Å². The molecule has 1 aromatic rings. The van der Waals surface area contributed by atoms with Crippen LogP contribution in [0.4, 0.5) is 0 Å². The number of ether oxygens (including phenoxy) is 1. The van der Waals surface area contributed by atoms with Crippen molar-refractivity contribution in [1.29, 1.82) is 0 Å². The van der Waals surface area contributed by atoms with E-state index in [1.165, 1.54) is 7.11 Å². The van der Waals surface area contributed by atoms with E-state index in [9.17, 15) is 4.79 Å². The van der Waals surface area contributed by atoms with E-state index < -0.39 is 24.3 Å². The number of carbonyl (C=O) groups is 1. The van der Waals surface area contributed by atoms with Crippen LogP contribution in [0.2, 0.25) is 0 Å². The quantitative estimate of drug-likeness (QED) is 0.575. The maximum atomic E-state index is 11.4. The largest absolute Gasteiger partial charge is 0.516 e. The number of hydrogen-bond acceptors (Lipinski definition) is 6. The smallest absolute Gasteiger partial charge is 0.464 e. The lowest BCUT2D eigenvalue weighted by Gasteiger charge is -2.32. The van der Waals surface area contributed by atoms with Gasteiger partial charge in [0.1, 0.15) is 0 Å². The van der Waals surface area contributed by atoms with E-state index in [-0.39, 0.29) is 23.6 Å². The van der Waals surface area contributed by atoms with Gasteiger partial charge < -0.3 is 14.0 Å². The summed E-state index contributed by atoms with van der Waals surface area (Å²) in [4.78, 5) is 19.1. The van der Waals surface area contributed by atoms with Crippen molar-refractivity contribution in [3.05, 3.63) is 18.0 Å². The van der Waals surface area contributed by atoms with Crippen LogP contribution in [0.5, 0.6) is 0 Å². The molecule has 1 aliphatic rings. The lowest BCUT2D eigenvalue weighted by atomic mass is 9.85. The summed E-state index contributed by atoms with van der Waals surface area (Å²) in [5, 5.41) is 0. The molecule has 1 saturated heterocycles. The molecule has 7 heteroatoms. The second-order valence-corrected chi connectivity index (χ2v) is 5.26. The normalized spacial score (nSPS) is 21.8. The minimum Gasteiger partial charge on any atom is -0.464 e. The van der Waals surface area contributed by atoms with Crippen molar-refractivity contribution in [2.45, 2.75) is 38.9 Å². The van der Waals surface area contributed by atoms with Gasteiger partial charge in [-0.25, -0.2) is 9.78 Å². The molecular weight excluding hydrogens is 247 g/mol. The van der Waals surface area contributed by atoms with Gasteiger partial charge in [0.2, 0.25) is 0 Å². The molecule has 0 aromatic carbocycles. The summed E-state index contributed by atoms with van der Waals surface area (Å²) in [5.41, 5.74) is -1.40. The third-order valence-corrected chi connectivity index (χ3v) is 3.42. The Morgan fingerprint density at radius 1 is 1.26 bits per heavy atom. The summed E-state index contributed by atoms with van der Waals surface area (Å²) in [6.45, 7) is 7.48. The Morgan fingerprint density at radius 2 is 1.84 bits per heavy atom. The van der Waals surface area contributed by atoms with Crippen molar-refractivity contribution < 1.29 is 21.6 Å². The van der Waals surface area contributed by atoms with Crippen LogP contribution < -0.4 is 5.59 Å². The van der Waals surface area contributed by atoms with E-state index in [4.69, 9.17) is 12.1 Å². The first-order valence-corrected chi connectivity index (χ1v) is 5.88. The van der Waals surface area contributed by atoms with Gasteiger partial charge in [-0.05, 0) is 27.7 Å². The lowest BCUT2D eigenvalue weighted by Crippen LogP contribution is -2.41. The molecule has 2 heterocycles. The molecule has 6 nitrogen and oxygen atoms in total. The highest BCUT2D eigenvalue weighted by Gasteiger charge is 2.52. The van der Waals surface area contributed by atoms with E-state index in [1.54, 1.807) is 0 Å². The third-order valence-electron chi connectivity index (χ3n) is 3.42. The van der Waals surface area contributed by atoms with Crippen molar-refractivity contribution in [1.82, 2.24) is 9.97 Å². The highest BCUT2D eigenvalue weighted by atomic mass is 16.7. The summed E-state index contributed by atoms with van der Waals surface area (Å²) in [5.74, 6) is -0.804. The van der Waals surface area contributed by atoms with E-state index in [1.807, 2.05) is 27.7 Å². The number of esters is 1. The van der Waals surface area contributed by atoms with Crippen molar-refractivity contribution in [3.8, 4) is 0 Å². The Labute approximate surface area is 115 Å². The summed E-state index contributed by atoms with van der Waals surface area (Å²) in [6, 6.07) is 0. The molecule has 0 unspecified atom stereocenters. The van der Waals surface area contributed by atoms with Gasteiger partial charge >= 0.3 is 13.1 Å². The fraction of sp³-hybridized carbons (Fsp3) is 0.583. The summed E-state index contributed by atoms with van der Waals surface area (Å²) in [7, 11) is 0.278. The minimum atomic E-state index is -0.897. The van der Waals surface area contributed by atoms with Crippen LogP contribution in [0.25, 0.3) is 0 Å². The molecule has 102 valence electrons. The average molecular weight is 266 g/mol. The van der Waals surface area contributed by atoms with E-state index in [2.05, 4.69) is 14.7 Å². The van der Waals surface area contributed by atoms with Gasteiger partial charge in [0.15, 0.2) is 5.69 Å². The second-order valence-electron chi connectivity index (χ2n) is 5.26. The number of carbonyl (C=O) groups excluding carboxylic acids is 1. The van der Waals surface area contributed by atoms with Crippen LogP contribution in [0, 0.1) is 0 Å². The molecule has 0 radical (unpaired) electrons. The first-order chi connectivity index (χ1) is 9.59. The standard InChI is InChI=1S/C12H17BN2O4/c1-11(2)12(3,4)19-13(18-11)9-7-14-8(6-15-9)10(16)17-5/h6-7H,1-5H3/i6D,7D. The van der Waals surface area contributed by atoms with E-state index in [0.717, 1.165) is 0 Å². The third kappa shape index (κ3) is 2.48. The van der Waals surface area contributed by atoms with Gasteiger partial charge in [-0.15, -0.1) is 0 Å². The van der Waals surface area contributed by atoms with Gasteiger partial charge in [-0.3, -0.25) is 4.98 Å². The highest BCUT2D eigenvalue weighted by Crippen LogP contribution is 2.36. The Bertz CT molecular complexity index is 579. The van der Waals surface area contributed by atoms with Gasteiger partial charge in [-0.2, -0.15) is 0 Å². The molecule has 1 aliphatic heterocycles. The van der Waals surface area contributed by atoms with Crippen LogP contribution in [0.3, 0.4) is 0 Å². The molecule has 1 fully saturated rings. The predicted octanol–water partition coefficient (Wildman–Crippen LogP) is 0.562. The van der Waals surface area contributed by atoms with Crippen molar-refractivity contribution in [2.24, 2.45) is 0 Å². The maximum Gasteiger partial charge on any atom is 0.516 e. The molecule has 0 saturated carbocycles. The highest BCUT2D eigenvalue weighted by molar-refractivity contribution is 6.61. The molecule has 0 amide bonds. The fourth-order valence-electron chi connectivity index (χ4n) is 1.52. The summed E-state index contributed by atoms with van der Waals surface area (Å²) < 4.78 is 31.6. The maximum absolute atomic E-state index is 11.4. The molecule has 0 bridgehead atoms. The SMILES string of the molecule is [2H]c1nc(C(=O)OC)c([2H])nc1B1OC(C)(C)C(C)(C)O1. The molecule has 0 spiro atoms. The number of rotatable bonds is 2. The van der Waals surface area contributed by atoms with Crippen molar-refractivity contribution in [2.75, 3.05) is 7.11 Å². The van der Waals surface area contributed by atoms with Crippen LogP contribution in [0.15, 0.2) is 12.3 Å². The monoisotopic (exact) mass is 266 g/mol. The lowest BCUT2D eigenvalue weighted by molar-refractivity contribution is 0.00578. The Morgan fingerprint density at radius 3 is 2.37 bits per heavy atom. The summed E-state index contributed by atoms with van der Waals surface area (Å²) in [6.07, 6.45) is -0.646. The molecular formula is C12H17BN2O4. The second kappa shape index (κ2) is 4.57. The molecule has 1 aromatic heterocycles. The van der Waals surface area contributed by atoms with Gasteiger partial charge in [-0.1, -0.05) is 0 Å². The number of methoxy groups -OCH3 is 1. The summed E-state index contributed by atoms with van der Waals surface area (Å²) >= 11 is 0. The minimum absolute atomic E-state index is 0.0753. The molecule has 0 aliphatic carbocycles. The molecule has 2 rings (SSSR count). The number of aromatic nitrogens is 2. The fourth-order valence-corrected chi connectivity index (χ4v) is 1.52. The first-order valence-electron chi connectivity index (χ1n) is 6.88. The molecule has 19 heavy (non-hydrogen) atoms. The number of nitrogens with zero attached hydrogens (tertiary/aromatic N) is 2.